The van der Waals surface area contributed by atoms with Crippen molar-refractivity contribution in [3.8, 4) is 5.00 Å². The van der Waals surface area contributed by atoms with E-state index >= 15 is 0 Å². The lowest BCUT2D eigenvalue weighted by molar-refractivity contribution is 0.0474. The summed E-state index contributed by atoms with van der Waals surface area (Å²) in [7, 11) is 0. The van der Waals surface area contributed by atoms with E-state index in [9.17, 15) is 14.0 Å². The largest absolute Gasteiger partial charge is 0.454 e. The van der Waals surface area contributed by atoms with Crippen LogP contribution in [0.25, 0.3) is 5.00 Å². The number of carbonyl (C=O) groups excluding carboxylic acids is 2. The molecule has 0 aliphatic carbocycles. The highest BCUT2D eigenvalue weighted by Crippen LogP contribution is 2.31. The van der Waals surface area contributed by atoms with Crippen LogP contribution in [0.5, 0.6) is 0 Å². The van der Waals surface area contributed by atoms with Gasteiger partial charge in [-0.3, -0.25) is 4.79 Å². The summed E-state index contributed by atoms with van der Waals surface area (Å²) in [4.78, 5) is 25.6. The number of esters is 1. The molecular weight excluding hydrogens is 341 g/mol. The Balaban J connectivity index is 1.79. The number of thiophene rings is 1. The summed E-state index contributed by atoms with van der Waals surface area (Å²) in [6.07, 6.45) is 3.69. The van der Waals surface area contributed by atoms with Gasteiger partial charge in [0.05, 0.1) is 5.56 Å². The van der Waals surface area contributed by atoms with Gasteiger partial charge in [-0.05, 0) is 43.7 Å². The van der Waals surface area contributed by atoms with Gasteiger partial charge in [0.1, 0.15) is 10.8 Å². The maximum Gasteiger partial charge on any atom is 0.341 e. The van der Waals surface area contributed by atoms with E-state index in [4.69, 9.17) is 4.74 Å². The highest BCUT2D eigenvalue weighted by atomic mass is 32.1. The predicted octanol–water partition coefficient (Wildman–Crippen LogP) is 4.33. The number of Topliss-reactive ketones (excluding diaryl/α,β-unsaturated/α-hetero) is 1. The smallest absolute Gasteiger partial charge is 0.341 e. The summed E-state index contributed by atoms with van der Waals surface area (Å²) < 4.78 is 20.2. The number of aromatic nitrogens is 1. The molecule has 25 heavy (non-hydrogen) atoms. The number of ketones is 1. The number of rotatable bonds is 5. The molecule has 0 saturated carbocycles. The van der Waals surface area contributed by atoms with E-state index in [1.807, 2.05) is 42.9 Å². The molecule has 3 rings (SSSR count). The molecule has 0 amide bonds. The molecule has 0 fully saturated rings. The molecular formula is C19H16FNO3S. The molecule has 1 aromatic carbocycles. The Labute approximate surface area is 148 Å². The fourth-order valence-corrected chi connectivity index (χ4v) is 3.56. The first kappa shape index (κ1) is 17.1. The molecule has 2 aromatic heterocycles. The van der Waals surface area contributed by atoms with Gasteiger partial charge in [-0.1, -0.05) is 12.1 Å². The number of nitrogens with zero attached hydrogens (tertiary/aromatic N) is 1. The zero-order valence-corrected chi connectivity index (χ0v) is 14.6. The number of hydrogen-bond donors (Lipinski definition) is 0. The molecule has 0 aliphatic heterocycles. The van der Waals surface area contributed by atoms with E-state index in [1.165, 1.54) is 29.5 Å². The van der Waals surface area contributed by atoms with Crippen molar-refractivity contribution in [2.75, 3.05) is 6.61 Å². The summed E-state index contributed by atoms with van der Waals surface area (Å²) >= 11 is 1.49. The minimum absolute atomic E-state index is 0.177. The lowest BCUT2D eigenvalue weighted by Gasteiger charge is -2.07. The molecule has 4 nitrogen and oxygen atoms in total. The van der Waals surface area contributed by atoms with Crippen LogP contribution in [0.15, 0.2) is 48.8 Å². The first-order valence-corrected chi connectivity index (χ1v) is 8.48. The summed E-state index contributed by atoms with van der Waals surface area (Å²) in [5.41, 5.74) is 1.46. The van der Waals surface area contributed by atoms with Crippen molar-refractivity contribution >= 4 is 23.1 Å². The zero-order chi connectivity index (χ0) is 18.0. The highest BCUT2D eigenvalue weighted by Gasteiger charge is 2.22. The number of carbonyl (C=O) groups is 2. The molecule has 6 heteroatoms. The molecule has 128 valence electrons. The van der Waals surface area contributed by atoms with Crippen LogP contribution in [0.4, 0.5) is 4.39 Å². The van der Waals surface area contributed by atoms with Crippen molar-refractivity contribution in [2.24, 2.45) is 0 Å². The summed E-state index contributed by atoms with van der Waals surface area (Å²) in [6.45, 7) is 3.35. The molecule has 0 atom stereocenters. The SMILES string of the molecule is Cc1sc(-n2cccc2)c(C(=O)OCC(=O)c2cccc(F)c2)c1C. The quantitative estimate of drug-likeness (QED) is 0.504. The average molecular weight is 357 g/mol. The Morgan fingerprint density at radius 2 is 1.88 bits per heavy atom. The van der Waals surface area contributed by atoms with Crippen molar-refractivity contribution < 1.29 is 18.7 Å². The number of benzene rings is 1. The number of halogens is 1. The third-order valence-electron chi connectivity index (χ3n) is 3.89. The molecule has 0 saturated heterocycles. The third-order valence-corrected chi connectivity index (χ3v) is 5.11. The molecule has 0 unspecified atom stereocenters. The Morgan fingerprint density at radius 3 is 2.56 bits per heavy atom. The summed E-state index contributed by atoms with van der Waals surface area (Å²) in [5.74, 6) is -1.51. The first-order valence-electron chi connectivity index (χ1n) is 7.66. The van der Waals surface area contributed by atoms with Crippen LogP contribution in [0.3, 0.4) is 0 Å². The van der Waals surface area contributed by atoms with Gasteiger partial charge in [0.15, 0.2) is 12.4 Å². The second-order valence-electron chi connectivity index (χ2n) is 5.56. The van der Waals surface area contributed by atoms with Crippen molar-refractivity contribution in [1.29, 1.82) is 0 Å². The third kappa shape index (κ3) is 3.53. The van der Waals surface area contributed by atoms with Gasteiger partial charge in [-0.2, -0.15) is 0 Å². The molecule has 0 radical (unpaired) electrons. The minimum atomic E-state index is -0.560. The molecule has 0 bridgehead atoms. The van der Waals surface area contributed by atoms with Crippen LogP contribution >= 0.6 is 11.3 Å². The molecule has 0 N–H and O–H groups in total. The molecule has 0 aliphatic rings. The lowest BCUT2D eigenvalue weighted by atomic mass is 10.1. The van der Waals surface area contributed by atoms with Crippen LogP contribution in [-0.2, 0) is 4.74 Å². The van der Waals surface area contributed by atoms with E-state index in [0.29, 0.717) is 5.56 Å². The van der Waals surface area contributed by atoms with Gasteiger partial charge in [0.25, 0.3) is 0 Å². The van der Waals surface area contributed by atoms with Crippen LogP contribution in [0, 0.1) is 19.7 Å². The molecule has 2 heterocycles. The number of ether oxygens (including phenoxy) is 1. The average Bonchev–Trinajstić information content (AvgIpc) is 3.21. The van der Waals surface area contributed by atoms with Crippen LogP contribution in [0.2, 0.25) is 0 Å². The Kier molecular flexibility index (Phi) is 4.81. The topological polar surface area (TPSA) is 48.3 Å². The van der Waals surface area contributed by atoms with E-state index in [1.54, 1.807) is 0 Å². The van der Waals surface area contributed by atoms with E-state index < -0.39 is 24.2 Å². The second-order valence-corrected chi connectivity index (χ2v) is 6.77. The van der Waals surface area contributed by atoms with Gasteiger partial charge >= 0.3 is 5.97 Å². The summed E-state index contributed by atoms with van der Waals surface area (Å²) in [5, 5.41) is 0.753. The monoisotopic (exact) mass is 357 g/mol. The van der Waals surface area contributed by atoms with Gasteiger partial charge in [0.2, 0.25) is 0 Å². The predicted molar refractivity (Wildman–Crippen MR) is 94.1 cm³/mol. The van der Waals surface area contributed by atoms with Gasteiger partial charge in [0, 0.05) is 22.8 Å². The Morgan fingerprint density at radius 1 is 1.16 bits per heavy atom. The fourth-order valence-electron chi connectivity index (χ4n) is 2.45. The normalized spacial score (nSPS) is 10.7. The fraction of sp³-hybridized carbons (Fsp3) is 0.158. The highest BCUT2D eigenvalue weighted by molar-refractivity contribution is 7.15. The van der Waals surface area contributed by atoms with Crippen molar-refractivity contribution in [3.05, 3.63) is 76.2 Å². The summed E-state index contributed by atoms with van der Waals surface area (Å²) in [6, 6.07) is 9.05. The van der Waals surface area contributed by atoms with E-state index in [2.05, 4.69) is 0 Å². The lowest BCUT2D eigenvalue weighted by Crippen LogP contribution is -2.16. The number of aryl methyl sites for hydroxylation is 1. The van der Waals surface area contributed by atoms with Gasteiger partial charge in [-0.25, -0.2) is 9.18 Å². The van der Waals surface area contributed by atoms with E-state index in [-0.39, 0.29) is 5.56 Å². The molecule has 0 spiro atoms. The van der Waals surface area contributed by atoms with Gasteiger partial charge < -0.3 is 9.30 Å². The standard InChI is InChI=1S/C19H16FNO3S/c1-12-13(2)25-18(21-8-3-4-9-21)17(12)19(23)24-11-16(22)14-6-5-7-15(20)10-14/h3-10H,11H2,1-2H3. The minimum Gasteiger partial charge on any atom is -0.454 e. The van der Waals surface area contributed by atoms with E-state index in [0.717, 1.165) is 21.5 Å². The first-order chi connectivity index (χ1) is 12.0. The maximum atomic E-state index is 13.2. The van der Waals surface area contributed by atoms with Gasteiger partial charge in [-0.15, -0.1) is 11.3 Å². The Bertz CT molecular complexity index is 928. The zero-order valence-electron chi connectivity index (χ0n) is 13.8. The number of hydrogen-bond acceptors (Lipinski definition) is 4. The van der Waals surface area contributed by atoms with Crippen molar-refractivity contribution in [2.45, 2.75) is 13.8 Å². The Hall–Kier alpha value is -2.73. The maximum absolute atomic E-state index is 13.2. The van der Waals surface area contributed by atoms with Crippen LogP contribution in [-0.4, -0.2) is 22.9 Å². The van der Waals surface area contributed by atoms with Crippen LogP contribution < -0.4 is 0 Å². The second kappa shape index (κ2) is 7.03. The van der Waals surface area contributed by atoms with Crippen molar-refractivity contribution in [3.63, 3.8) is 0 Å². The van der Waals surface area contributed by atoms with Crippen molar-refractivity contribution in [1.82, 2.24) is 4.57 Å². The molecule has 3 aromatic rings. The van der Waals surface area contributed by atoms with Crippen LogP contribution in [0.1, 0.15) is 31.2 Å².